The Kier molecular flexibility index (Phi) is 6.41. The van der Waals surface area contributed by atoms with Gasteiger partial charge in [0.2, 0.25) is 0 Å². The van der Waals surface area contributed by atoms with E-state index in [1.165, 1.54) is 12.1 Å². The number of pyridine rings is 1. The number of benzene rings is 1. The molecule has 2 heterocycles. The highest BCUT2D eigenvalue weighted by atomic mass is 19.1. The standard InChI is InChI=1S/C23H24FN5O2/c1-23(2,3)31-22(30)29-8-4-7-28(9-10-29)21-12-16(14-25)11-20(27-21)17-5-6-18(15-26)19(24)13-17/h5-6,11-13H,4,7-10H2,1-3H3. The molecular formula is C23H24FN5O2. The van der Waals surface area contributed by atoms with Gasteiger partial charge in [0.15, 0.2) is 0 Å². The highest BCUT2D eigenvalue weighted by Gasteiger charge is 2.25. The van der Waals surface area contributed by atoms with Gasteiger partial charge >= 0.3 is 6.09 Å². The minimum Gasteiger partial charge on any atom is -0.444 e. The van der Waals surface area contributed by atoms with Crippen LogP contribution in [0, 0.1) is 28.5 Å². The molecule has 1 amide bonds. The topological polar surface area (TPSA) is 93.2 Å². The van der Waals surface area contributed by atoms with Gasteiger partial charge in [-0.3, -0.25) is 0 Å². The molecular weight excluding hydrogens is 397 g/mol. The molecule has 2 aromatic rings. The predicted molar refractivity (Wildman–Crippen MR) is 114 cm³/mol. The zero-order chi connectivity index (χ0) is 22.6. The largest absolute Gasteiger partial charge is 0.444 e. The van der Waals surface area contributed by atoms with Crippen LogP contribution in [0.3, 0.4) is 0 Å². The SMILES string of the molecule is CC(C)(C)OC(=O)N1CCCN(c2cc(C#N)cc(-c3ccc(C#N)c(F)c3)n2)CC1. The Bertz CT molecular complexity index is 1070. The van der Waals surface area contributed by atoms with Gasteiger partial charge in [-0.1, -0.05) is 6.07 Å². The van der Waals surface area contributed by atoms with Gasteiger partial charge in [0, 0.05) is 31.7 Å². The van der Waals surface area contributed by atoms with Crippen molar-refractivity contribution in [3.8, 4) is 23.4 Å². The zero-order valence-corrected chi connectivity index (χ0v) is 17.9. The molecule has 1 aromatic carbocycles. The summed E-state index contributed by atoms with van der Waals surface area (Å²) >= 11 is 0. The molecule has 8 heteroatoms. The number of hydrogen-bond acceptors (Lipinski definition) is 6. The summed E-state index contributed by atoms with van der Waals surface area (Å²) in [5.41, 5.74) is 0.732. The lowest BCUT2D eigenvalue weighted by Crippen LogP contribution is -2.39. The number of carbonyl (C=O) groups is 1. The lowest BCUT2D eigenvalue weighted by Gasteiger charge is -2.26. The van der Waals surface area contributed by atoms with E-state index in [9.17, 15) is 14.4 Å². The molecule has 0 N–H and O–H groups in total. The number of anilines is 1. The second-order valence-electron chi connectivity index (χ2n) is 8.33. The summed E-state index contributed by atoms with van der Waals surface area (Å²) in [4.78, 5) is 20.7. The van der Waals surface area contributed by atoms with Gasteiger partial charge in [-0.05, 0) is 51.5 Å². The highest BCUT2D eigenvalue weighted by molar-refractivity contribution is 5.68. The van der Waals surface area contributed by atoms with Crippen LogP contribution in [0.25, 0.3) is 11.3 Å². The first-order chi connectivity index (χ1) is 14.7. The quantitative estimate of drug-likeness (QED) is 0.725. The first-order valence-corrected chi connectivity index (χ1v) is 10.1. The summed E-state index contributed by atoms with van der Waals surface area (Å²) in [5, 5.41) is 18.4. The number of halogens is 1. The van der Waals surface area contributed by atoms with Crippen LogP contribution in [0.4, 0.5) is 15.0 Å². The third-order valence-corrected chi connectivity index (χ3v) is 4.80. The minimum absolute atomic E-state index is 0.0461. The first-order valence-electron chi connectivity index (χ1n) is 10.1. The number of nitrogens with zero attached hydrogens (tertiary/aromatic N) is 5. The van der Waals surface area contributed by atoms with Crippen LogP contribution < -0.4 is 4.90 Å². The molecule has 0 radical (unpaired) electrons. The fourth-order valence-electron chi connectivity index (χ4n) is 3.31. The maximum atomic E-state index is 14.1. The van der Waals surface area contributed by atoms with E-state index in [0.29, 0.717) is 48.8 Å². The molecule has 31 heavy (non-hydrogen) atoms. The third-order valence-electron chi connectivity index (χ3n) is 4.80. The Morgan fingerprint density at radius 3 is 2.52 bits per heavy atom. The second-order valence-corrected chi connectivity index (χ2v) is 8.33. The molecule has 7 nitrogen and oxygen atoms in total. The van der Waals surface area contributed by atoms with Crippen molar-refractivity contribution in [2.24, 2.45) is 0 Å². The summed E-state index contributed by atoms with van der Waals surface area (Å²) in [5.74, 6) is -0.0432. The van der Waals surface area contributed by atoms with Crippen molar-refractivity contribution in [1.29, 1.82) is 10.5 Å². The summed E-state index contributed by atoms with van der Waals surface area (Å²) in [6.07, 6.45) is 0.375. The molecule has 1 aliphatic rings. The maximum absolute atomic E-state index is 14.1. The minimum atomic E-state index is -0.631. The Hall–Kier alpha value is -3.65. The van der Waals surface area contributed by atoms with Crippen molar-refractivity contribution in [2.75, 3.05) is 31.1 Å². The van der Waals surface area contributed by atoms with Crippen LogP contribution in [-0.4, -0.2) is 47.8 Å². The van der Waals surface area contributed by atoms with Gasteiger partial charge in [0.1, 0.15) is 23.3 Å². The molecule has 0 aliphatic carbocycles. The molecule has 0 spiro atoms. The Morgan fingerprint density at radius 2 is 1.87 bits per heavy atom. The van der Waals surface area contributed by atoms with Gasteiger partial charge < -0.3 is 14.5 Å². The molecule has 1 aliphatic heterocycles. The smallest absolute Gasteiger partial charge is 0.410 e. The molecule has 0 bridgehead atoms. The van der Waals surface area contributed by atoms with Crippen LogP contribution in [0.1, 0.15) is 38.3 Å². The number of amides is 1. The van der Waals surface area contributed by atoms with E-state index in [1.807, 2.05) is 25.7 Å². The fourth-order valence-corrected chi connectivity index (χ4v) is 3.31. The highest BCUT2D eigenvalue weighted by Crippen LogP contribution is 2.25. The number of hydrogen-bond donors (Lipinski definition) is 0. The third kappa shape index (κ3) is 5.49. The van der Waals surface area contributed by atoms with Crippen molar-refractivity contribution in [1.82, 2.24) is 9.88 Å². The average molecular weight is 421 g/mol. The van der Waals surface area contributed by atoms with E-state index in [1.54, 1.807) is 29.2 Å². The summed E-state index contributed by atoms with van der Waals surface area (Å²) in [7, 11) is 0. The molecule has 160 valence electrons. The van der Waals surface area contributed by atoms with E-state index < -0.39 is 11.4 Å². The van der Waals surface area contributed by atoms with Crippen LogP contribution in [0.15, 0.2) is 30.3 Å². The number of rotatable bonds is 2. The van der Waals surface area contributed by atoms with Crippen molar-refractivity contribution in [2.45, 2.75) is 32.8 Å². The van der Waals surface area contributed by atoms with Crippen molar-refractivity contribution < 1.29 is 13.9 Å². The van der Waals surface area contributed by atoms with Crippen LogP contribution in [0.5, 0.6) is 0 Å². The van der Waals surface area contributed by atoms with E-state index in [-0.39, 0.29) is 11.7 Å². The zero-order valence-electron chi connectivity index (χ0n) is 17.9. The molecule has 0 saturated carbocycles. The van der Waals surface area contributed by atoms with Crippen molar-refractivity contribution in [3.63, 3.8) is 0 Å². The molecule has 1 aromatic heterocycles. The second kappa shape index (κ2) is 9.01. The van der Waals surface area contributed by atoms with E-state index in [4.69, 9.17) is 10.00 Å². The lowest BCUT2D eigenvalue weighted by molar-refractivity contribution is 0.0263. The van der Waals surface area contributed by atoms with Crippen molar-refractivity contribution in [3.05, 3.63) is 47.3 Å². The fraction of sp³-hybridized carbons (Fsp3) is 0.391. The Labute approximate surface area is 181 Å². The van der Waals surface area contributed by atoms with Gasteiger partial charge in [-0.15, -0.1) is 0 Å². The first kappa shape index (κ1) is 22.0. The summed E-state index contributed by atoms with van der Waals surface area (Å²) in [6.45, 7) is 7.72. The number of carbonyl (C=O) groups excluding carboxylic acids is 1. The molecule has 1 saturated heterocycles. The predicted octanol–water partition coefficient (Wildman–Crippen LogP) is 4.08. The Morgan fingerprint density at radius 1 is 1.10 bits per heavy atom. The number of nitriles is 2. The molecule has 0 atom stereocenters. The summed E-state index contributed by atoms with van der Waals surface area (Å²) in [6, 6.07) is 11.5. The normalized spacial score (nSPS) is 14.4. The van der Waals surface area contributed by atoms with Gasteiger partial charge in [-0.2, -0.15) is 10.5 Å². The monoisotopic (exact) mass is 421 g/mol. The lowest BCUT2D eigenvalue weighted by atomic mass is 10.1. The summed E-state index contributed by atoms with van der Waals surface area (Å²) < 4.78 is 19.6. The molecule has 0 unspecified atom stereocenters. The van der Waals surface area contributed by atoms with Crippen LogP contribution in [-0.2, 0) is 4.74 Å². The van der Waals surface area contributed by atoms with Crippen LogP contribution >= 0.6 is 0 Å². The van der Waals surface area contributed by atoms with Crippen LogP contribution in [0.2, 0.25) is 0 Å². The van der Waals surface area contributed by atoms with E-state index in [2.05, 4.69) is 11.1 Å². The molecule has 1 fully saturated rings. The van der Waals surface area contributed by atoms with Crippen molar-refractivity contribution >= 4 is 11.9 Å². The molecule has 3 rings (SSSR count). The Balaban J connectivity index is 1.84. The maximum Gasteiger partial charge on any atom is 0.410 e. The van der Waals surface area contributed by atoms with E-state index >= 15 is 0 Å². The van der Waals surface area contributed by atoms with Gasteiger partial charge in [0.25, 0.3) is 0 Å². The van der Waals surface area contributed by atoms with Gasteiger partial charge in [0.05, 0.1) is 22.9 Å². The number of aromatic nitrogens is 1. The number of ether oxygens (including phenoxy) is 1. The van der Waals surface area contributed by atoms with Gasteiger partial charge in [-0.25, -0.2) is 14.2 Å². The van der Waals surface area contributed by atoms with E-state index in [0.717, 1.165) is 6.42 Å². The average Bonchev–Trinajstić information content (AvgIpc) is 2.98.